The minimum Gasteiger partial charge on any atom is -0.385 e. The first-order chi connectivity index (χ1) is 47.4. The third-order valence-corrected chi connectivity index (χ3v) is 18.0. The van der Waals surface area contributed by atoms with Crippen LogP contribution in [0.15, 0.2) is 218 Å². The van der Waals surface area contributed by atoms with E-state index in [1.165, 1.54) is 6.92 Å². The Hall–Kier alpha value is -6.21. The minimum atomic E-state index is -1.70. The SMILES string of the molecule is CC(=O)N[C@H]1[C@H](OCc2ccccc2)O[C@H](COCc2ccccc2)[C@@H](O[C@@H]2O[C@@H]3COC(c4ccccc4)O[C@@H]3[C@H](OC3O[C@H](COCc4ccc(Cl)cc4)[C@H](OCc4ccc(Cl)cc4)[C@H](OCc4ccc(Cl)cc4)[C@H]3OCc3ccc(Cl)cc3)[C@H]2O)[C@@H]1OCc1ccccc1. The predicted molar refractivity (Wildman–Crippen MR) is 363 cm³/mol. The van der Waals surface area contributed by atoms with Gasteiger partial charge in [-0.1, -0.05) is 216 Å². The Morgan fingerprint density at radius 2 is 0.804 bits per heavy atom. The van der Waals surface area contributed by atoms with Gasteiger partial charge in [0.1, 0.15) is 73.2 Å². The van der Waals surface area contributed by atoms with E-state index in [1.54, 1.807) is 48.5 Å². The Labute approximate surface area is 584 Å². The number of hydrogen-bond acceptors (Lipinski definition) is 16. The van der Waals surface area contributed by atoms with Gasteiger partial charge in [-0.3, -0.25) is 4.79 Å². The molecule has 8 aromatic carbocycles. The van der Waals surface area contributed by atoms with Gasteiger partial charge in [-0.2, -0.15) is 0 Å². The molecule has 4 aliphatic heterocycles. The molecule has 0 spiro atoms. The third-order valence-electron chi connectivity index (χ3n) is 17.0. The van der Waals surface area contributed by atoms with E-state index in [1.807, 2.05) is 170 Å². The normalized spacial score (nSPS) is 27.2. The quantitative estimate of drug-likeness (QED) is 0.0452. The molecular weight excluding hydrogens is 1320 g/mol. The van der Waals surface area contributed by atoms with Crippen LogP contribution < -0.4 is 5.32 Å². The standard InChI is InChI=1S/C76H77Cl4NO16/c1-48(82)81-64-69(87-40-50-16-8-3-9-17-50)67(62(46-84-38-49-14-6-2-7-15-49)92-74(64)90-44-51-18-10-4-11-19-51)96-75-65(83)70(68-63(93-75)47-91-73(95-68)56-20-12-5-13-21-56)97-76-72(89-43-55-28-36-60(80)37-29-55)71(88-42-54-26-34-59(79)35-27-54)66(86-41-53-24-32-58(78)33-25-53)61(94-76)45-85-39-52-22-30-57(77)31-23-52/h2-37,61-76,83H,38-47H2,1H3,(H,81,82)/t61-,62-,63-,64-,65-,66+,67-,68+,69-,70-,71+,72-,73?,74-,75+,76?/m1/s1. The molecule has 21 heteroatoms. The first-order valence-corrected chi connectivity index (χ1v) is 33.8. The molecule has 12 rings (SSSR count). The van der Waals surface area contributed by atoms with Crippen LogP contribution in [0.4, 0.5) is 0 Å². The molecule has 0 aromatic heterocycles. The number of ether oxygens (including phenoxy) is 14. The summed E-state index contributed by atoms with van der Waals surface area (Å²) in [7, 11) is 0. The molecule has 0 bridgehead atoms. The lowest BCUT2D eigenvalue weighted by Gasteiger charge is -2.52. The van der Waals surface area contributed by atoms with Crippen LogP contribution in [0, 0.1) is 0 Å². The molecule has 1 amide bonds. The topological polar surface area (TPSA) is 179 Å². The van der Waals surface area contributed by atoms with Crippen LogP contribution in [-0.4, -0.2) is 123 Å². The van der Waals surface area contributed by atoms with Gasteiger partial charge in [0.05, 0.1) is 66.1 Å². The Balaban J connectivity index is 0.931. The van der Waals surface area contributed by atoms with Crippen molar-refractivity contribution in [3.8, 4) is 0 Å². The second kappa shape index (κ2) is 35.2. The van der Waals surface area contributed by atoms with Gasteiger partial charge in [0.25, 0.3) is 0 Å². The highest BCUT2D eigenvalue weighted by Crippen LogP contribution is 2.41. The number of rotatable bonds is 29. The molecule has 4 fully saturated rings. The van der Waals surface area contributed by atoms with Gasteiger partial charge < -0.3 is 76.7 Å². The predicted octanol–water partition coefficient (Wildman–Crippen LogP) is 13.5. The number of carbonyl (C=O) groups is 1. The van der Waals surface area contributed by atoms with Crippen molar-refractivity contribution in [2.45, 2.75) is 152 Å². The lowest BCUT2D eigenvalue weighted by Crippen LogP contribution is -2.69. The van der Waals surface area contributed by atoms with Crippen molar-refractivity contribution in [2.75, 3.05) is 19.8 Å². The van der Waals surface area contributed by atoms with Crippen LogP contribution in [0.5, 0.6) is 0 Å². The fraction of sp³-hybridized carbons (Fsp3) is 0.355. The second-order valence-electron chi connectivity index (χ2n) is 24.1. The van der Waals surface area contributed by atoms with Crippen LogP contribution in [0.3, 0.4) is 0 Å². The summed E-state index contributed by atoms with van der Waals surface area (Å²) < 4.78 is 97.2. The summed E-state index contributed by atoms with van der Waals surface area (Å²) in [5, 5.41) is 18.9. The number of aliphatic hydroxyl groups is 1. The zero-order valence-electron chi connectivity index (χ0n) is 53.2. The smallest absolute Gasteiger partial charge is 0.217 e. The highest BCUT2D eigenvalue weighted by molar-refractivity contribution is 6.31. The van der Waals surface area contributed by atoms with Crippen LogP contribution in [0.1, 0.15) is 57.7 Å². The van der Waals surface area contributed by atoms with Gasteiger partial charge in [0.2, 0.25) is 5.91 Å². The highest BCUT2D eigenvalue weighted by Gasteiger charge is 2.58. The number of fused-ring (bicyclic) bond motifs is 1. The lowest BCUT2D eigenvalue weighted by atomic mass is 9.94. The van der Waals surface area contributed by atoms with Gasteiger partial charge in [-0.25, -0.2) is 0 Å². The van der Waals surface area contributed by atoms with Crippen molar-refractivity contribution in [3.63, 3.8) is 0 Å². The highest BCUT2D eigenvalue weighted by atomic mass is 35.5. The maximum Gasteiger partial charge on any atom is 0.217 e. The number of benzene rings is 8. The zero-order valence-corrected chi connectivity index (χ0v) is 56.2. The lowest BCUT2D eigenvalue weighted by molar-refractivity contribution is -0.408. The summed E-state index contributed by atoms with van der Waals surface area (Å²) in [5.74, 6) is -0.385. The van der Waals surface area contributed by atoms with Crippen LogP contribution in [0.25, 0.3) is 0 Å². The van der Waals surface area contributed by atoms with Crippen molar-refractivity contribution in [2.24, 2.45) is 0 Å². The number of amides is 1. The summed E-state index contributed by atoms with van der Waals surface area (Å²) in [6, 6.07) is 66.8. The van der Waals surface area contributed by atoms with E-state index in [0.717, 1.165) is 38.9 Å². The van der Waals surface area contributed by atoms with E-state index in [4.69, 9.17) is 113 Å². The van der Waals surface area contributed by atoms with Crippen molar-refractivity contribution in [3.05, 3.63) is 283 Å². The van der Waals surface area contributed by atoms with Crippen LogP contribution >= 0.6 is 46.4 Å². The summed E-state index contributed by atoms with van der Waals surface area (Å²) >= 11 is 25.6. The van der Waals surface area contributed by atoms with Gasteiger partial charge >= 0.3 is 0 Å². The van der Waals surface area contributed by atoms with E-state index in [9.17, 15) is 9.90 Å². The summed E-state index contributed by atoms with van der Waals surface area (Å²) in [5.41, 5.74) is 6.59. The monoisotopic (exact) mass is 1400 g/mol. The molecule has 4 heterocycles. The summed E-state index contributed by atoms with van der Waals surface area (Å²) in [4.78, 5) is 13.5. The molecule has 16 atom stereocenters. The maximum atomic E-state index is 13.5. The zero-order chi connectivity index (χ0) is 66.9. The first kappa shape index (κ1) is 70.6. The molecule has 0 aliphatic carbocycles. The third kappa shape index (κ3) is 19.6. The fourth-order valence-corrected chi connectivity index (χ4v) is 12.6. The fourth-order valence-electron chi connectivity index (χ4n) is 12.1. The number of hydrogen-bond donors (Lipinski definition) is 2. The van der Waals surface area contributed by atoms with Gasteiger partial charge in [0.15, 0.2) is 25.2 Å². The van der Waals surface area contributed by atoms with E-state index in [-0.39, 0.29) is 72.0 Å². The molecule has 17 nitrogen and oxygen atoms in total. The molecule has 0 radical (unpaired) electrons. The first-order valence-electron chi connectivity index (χ1n) is 32.3. The van der Waals surface area contributed by atoms with Crippen molar-refractivity contribution < 1.29 is 76.2 Å². The van der Waals surface area contributed by atoms with Gasteiger partial charge in [-0.15, -0.1) is 0 Å². The molecule has 2 unspecified atom stereocenters. The molecule has 510 valence electrons. The molecule has 2 N–H and O–H groups in total. The van der Waals surface area contributed by atoms with E-state index < -0.39 is 98.3 Å². The minimum absolute atomic E-state index is 0.0212. The van der Waals surface area contributed by atoms with Crippen LogP contribution in [0.2, 0.25) is 20.1 Å². The van der Waals surface area contributed by atoms with Crippen molar-refractivity contribution >= 4 is 52.3 Å². The summed E-state index contributed by atoms with van der Waals surface area (Å²) in [6.07, 6.45) is -17.3. The van der Waals surface area contributed by atoms with Gasteiger partial charge in [0, 0.05) is 32.6 Å². The Bertz CT molecular complexity index is 3660. The second-order valence-corrected chi connectivity index (χ2v) is 25.9. The number of carbonyl (C=O) groups excluding carboxylic acids is 1. The molecule has 97 heavy (non-hydrogen) atoms. The Morgan fingerprint density at radius 1 is 0.412 bits per heavy atom. The maximum absolute atomic E-state index is 13.5. The van der Waals surface area contributed by atoms with Gasteiger partial charge in [-0.05, 0) is 87.5 Å². The average Bonchev–Trinajstić information content (AvgIpc) is 0.764. The number of halogens is 4. The largest absolute Gasteiger partial charge is 0.385 e. The molecule has 4 aliphatic rings. The van der Waals surface area contributed by atoms with E-state index in [0.29, 0.717) is 25.7 Å². The summed E-state index contributed by atoms with van der Waals surface area (Å²) in [6.45, 7) is 2.03. The molecular formula is C76H77Cl4NO16. The average molecular weight is 1400 g/mol. The van der Waals surface area contributed by atoms with Crippen molar-refractivity contribution in [1.29, 1.82) is 0 Å². The Kier molecular flexibility index (Phi) is 25.6. The molecule has 8 aromatic rings. The number of nitrogens with one attached hydrogen (secondary N) is 1. The van der Waals surface area contributed by atoms with E-state index >= 15 is 0 Å². The van der Waals surface area contributed by atoms with Crippen molar-refractivity contribution in [1.82, 2.24) is 5.32 Å². The number of aliphatic hydroxyl groups excluding tert-OH is 1. The molecule has 0 saturated carbocycles. The molecule has 4 saturated heterocycles. The van der Waals surface area contributed by atoms with E-state index in [2.05, 4.69) is 5.32 Å². The van der Waals surface area contributed by atoms with Crippen LogP contribution in [-0.2, 0) is 117 Å². The Morgan fingerprint density at radius 3 is 1.30 bits per heavy atom.